The number of thiazole rings is 1. The maximum Gasteiger partial charge on any atom is 0.255 e. The Bertz CT molecular complexity index is 1020. The summed E-state index contributed by atoms with van der Waals surface area (Å²) < 4.78 is 0. The van der Waals surface area contributed by atoms with Crippen LogP contribution in [0.2, 0.25) is 0 Å². The number of hydrogen-bond acceptors (Lipinski definition) is 5. The van der Waals surface area contributed by atoms with Crippen LogP contribution in [0, 0.1) is 0 Å². The fourth-order valence-electron chi connectivity index (χ4n) is 3.04. The Morgan fingerprint density at radius 1 is 1.17 bits per heavy atom. The Morgan fingerprint density at radius 2 is 1.93 bits per heavy atom. The van der Waals surface area contributed by atoms with Gasteiger partial charge >= 0.3 is 0 Å². The van der Waals surface area contributed by atoms with Crippen molar-refractivity contribution in [3.05, 3.63) is 81.8 Å². The van der Waals surface area contributed by atoms with E-state index in [0.717, 1.165) is 34.7 Å². The Morgan fingerprint density at radius 3 is 2.63 bits per heavy atom. The number of rotatable bonds is 8. The summed E-state index contributed by atoms with van der Waals surface area (Å²) in [7, 11) is 1.80. The van der Waals surface area contributed by atoms with Gasteiger partial charge in [0.15, 0.2) is 0 Å². The minimum absolute atomic E-state index is 0.0214. The number of hydrogen-bond donors (Lipinski definition) is 1. The van der Waals surface area contributed by atoms with Gasteiger partial charge in [-0.3, -0.25) is 9.59 Å². The summed E-state index contributed by atoms with van der Waals surface area (Å²) in [5.41, 5.74) is 5.18. The molecule has 2 aromatic carbocycles. The molecule has 1 aliphatic carbocycles. The quantitative estimate of drug-likeness (QED) is 0.523. The summed E-state index contributed by atoms with van der Waals surface area (Å²) in [4.78, 5) is 32.2. The molecular weight excluding hydrogens is 414 g/mol. The van der Waals surface area contributed by atoms with Crippen LogP contribution < -0.4 is 5.32 Å². The van der Waals surface area contributed by atoms with E-state index >= 15 is 0 Å². The number of amides is 2. The maximum atomic E-state index is 13.1. The molecule has 30 heavy (non-hydrogen) atoms. The van der Waals surface area contributed by atoms with E-state index in [1.54, 1.807) is 35.0 Å². The smallest absolute Gasteiger partial charge is 0.255 e. The zero-order valence-electron chi connectivity index (χ0n) is 16.7. The topological polar surface area (TPSA) is 62.3 Å². The molecule has 3 aromatic rings. The predicted octanol–water partition coefficient (Wildman–Crippen LogP) is 4.60. The van der Waals surface area contributed by atoms with Crippen molar-refractivity contribution in [1.82, 2.24) is 15.2 Å². The van der Waals surface area contributed by atoms with Crippen LogP contribution in [0.1, 0.15) is 44.8 Å². The van der Waals surface area contributed by atoms with Crippen molar-refractivity contribution in [3.8, 4) is 0 Å². The van der Waals surface area contributed by atoms with Crippen LogP contribution in [-0.4, -0.2) is 34.8 Å². The van der Waals surface area contributed by atoms with Crippen LogP contribution >= 0.6 is 23.1 Å². The van der Waals surface area contributed by atoms with Crippen molar-refractivity contribution in [3.63, 3.8) is 0 Å². The SMILES string of the molecule is CN(Cc1ccc(C(=O)NC2CC2)cc1)C(=O)c1ccccc1SCc1cscn1. The van der Waals surface area contributed by atoms with E-state index < -0.39 is 0 Å². The van der Waals surface area contributed by atoms with Crippen LogP contribution in [-0.2, 0) is 12.3 Å². The molecule has 7 heteroatoms. The van der Waals surface area contributed by atoms with Crippen LogP contribution in [0.25, 0.3) is 0 Å². The van der Waals surface area contributed by atoms with Crippen LogP contribution in [0.4, 0.5) is 0 Å². The second kappa shape index (κ2) is 9.45. The van der Waals surface area contributed by atoms with Gasteiger partial charge in [-0.05, 0) is 42.7 Å². The largest absolute Gasteiger partial charge is 0.349 e. The van der Waals surface area contributed by atoms with Crippen molar-refractivity contribution >= 4 is 34.9 Å². The zero-order chi connectivity index (χ0) is 20.9. The van der Waals surface area contributed by atoms with Gasteiger partial charge in [-0.2, -0.15) is 0 Å². The summed E-state index contributed by atoms with van der Waals surface area (Å²) in [6.07, 6.45) is 2.14. The van der Waals surface area contributed by atoms with Gasteiger partial charge in [0.1, 0.15) is 0 Å². The number of carbonyl (C=O) groups excluding carboxylic acids is 2. The molecule has 0 spiro atoms. The monoisotopic (exact) mass is 437 g/mol. The lowest BCUT2D eigenvalue weighted by atomic mass is 10.1. The molecule has 0 unspecified atom stereocenters. The number of nitrogens with zero attached hydrogens (tertiary/aromatic N) is 2. The summed E-state index contributed by atoms with van der Waals surface area (Å²) in [6, 6.07) is 15.5. The molecule has 1 fully saturated rings. The number of aromatic nitrogens is 1. The number of nitrogens with one attached hydrogen (secondary N) is 1. The van der Waals surface area contributed by atoms with E-state index in [0.29, 0.717) is 23.7 Å². The minimum atomic E-state index is -0.0282. The third kappa shape index (κ3) is 5.29. The zero-order valence-corrected chi connectivity index (χ0v) is 18.3. The fraction of sp³-hybridized carbons (Fsp3) is 0.261. The van der Waals surface area contributed by atoms with Gasteiger partial charge in [-0.15, -0.1) is 23.1 Å². The summed E-state index contributed by atoms with van der Waals surface area (Å²) in [5.74, 6) is 0.688. The molecular formula is C23H23N3O2S2. The Kier molecular flexibility index (Phi) is 6.50. The molecule has 1 N–H and O–H groups in total. The van der Waals surface area contributed by atoms with Crippen LogP contribution in [0.15, 0.2) is 64.3 Å². The number of carbonyl (C=O) groups is 2. The predicted molar refractivity (Wildman–Crippen MR) is 121 cm³/mol. The first-order valence-corrected chi connectivity index (χ1v) is 11.8. The first kappa shape index (κ1) is 20.6. The standard InChI is InChI=1S/C23H23N3O2S2/c1-26(12-16-6-8-17(9-7-16)22(27)25-18-10-11-18)23(28)20-4-2-3-5-21(20)30-14-19-13-29-15-24-19/h2-9,13,15,18H,10-12,14H2,1H3,(H,25,27). The van der Waals surface area contributed by atoms with Gasteiger partial charge in [0.25, 0.3) is 11.8 Å². The van der Waals surface area contributed by atoms with Crippen molar-refractivity contribution < 1.29 is 9.59 Å². The lowest BCUT2D eigenvalue weighted by Crippen LogP contribution is -2.27. The molecule has 4 rings (SSSR count). The second-order valence-corrected chi connectivity index (χ2v) is 9.11. The van der Waals surface area contributed by atoms with Crippen molar-refractivity contribution in [2.45, 2.75) is 36.1 Å². The highest BCUT2D eigenvalue weighted by Gasteiger charge is 2.23. The van der Waals surface area contributed by atoms with Gasteiger partial charge in [0.05, 0.1) is 16.8 Å². The molecule has 0 radical (unpaired) electrons. The maximum absolute atomic E-state index is 13.1. The Hall–Kier alpha value is -2.64. The van der Waals surface area contributed by atoms with Crippen LogP contribution in [0.3, 0.4) is 0 Å². The molecule has 1 aromatic heterocycles. The minimum Gasteiger partial charge on any atom is -0.349 e. The van der Waals surface area contributed by atoms with Gasteiger partial charge in [-0.1, -0.05) is 24.3 Å². The van der Waals surface area contributed by atoms with E-state index in [1.165, 1.54) is 0 Å². The highest BCUT2D eigenvalue weighted by molar-refractivity contribution is 7.98. The lowest BCUT2D eigenvalue weighted by molar-refractivity contribution is 0.0781. The van der Waals surface area contributed by atoms with Crippen molar-refractivity contribution in [1.29, 1.82) is 0 Å². The Labute approximate surface area is 184 Å². The molecule has 0 saturated heterocycles. The van der Waals surface area contributed by atoms with Crippen molar-refractivity contribution in [2.75, 3.05) is 7.05 Å². The first-order valence-electron chi connectivity index (χ1n) is 9.84. The number of benzene rings is 2. The molecule has 154 valence electrons. The average Bonchev–Trinajstić information content (AvgIpc) is 3.42. The number of thioether (sulfide) groups is 1. The third-order valence-electron chi connectivity index (χ3n) is 4.87. The van der Waals surface area contributed by atoms with Gasteiger partial charge < -0.3 is 10.2 Å². The first-order chi connectivity index (χ1) is 14.6. The molecule has 2 amide bonds. The van der Waals surface area contributed by atoms with Crippen molar-refractivity contribution in [2.24, 2.45) is 0 Å². The summed E-state index contributed by atoms with van der Waals surface area (Å²) >= 11 is 3.20. The molecule has 1 aliphatic rings. The van der Waals surface area contributed by atoms with E-state index in [9.17, 15) is 9.59 Å². The van der Waals surface area contributed by atoms with Crippen LogP contribution in [0.5, 0.6) is 0 Å². The second-order valence-electron chi connectivity index (χ2n) is 7.37. The van der Waals surface area contributed by atoms with Gasteiger partial charge in [0.2, 0.25) is 0 Å². The lowest BCUT2D eigenvalue weighted by Gasteiger charge is -2.19. The highest BCUT2D eigenvalue weighted by atomic mass is 32.2. The van der Waals surface area contributed by atoms with Gasteiger partial charge in [0, 0.05) is 41.2 Å². The normalized spacial score (nSPS) is 13.1. The van der Waals surface area contributed by atoms with E-state index in [-0.39, 0.29) is 11.8 Å². The van der Waals surface area contributed by atoms with E-state index in [1.807, 2.05) is 59.4 Å². The van der Waals surface area contributed by atoms with E-state index in [2.05, 4.69) is 10.3 Å². The molecule has 5 nitrogen and oxygen atoms in total. The summed E-state index contributed by atoms with van der Waals surface area (Å²) in [5, 5.41) is 5.01. The molecule has 0 aliphatic heterocycles. The fourth-order valence-corrected chi connectivity index (χ4v) is 4.65. The molecule has 0 bridgehead atoms. The summed E-state index contributed by atoms with van der Waals surface area (Å²) in [6.45, 7) is 0.481. The molecule has 0 atom stereocenters. The highest BCUT2D eigenvalue weighted by Crippen LogP contribution is 2.27. The molecule has 1 saturated carbocycles. The average molecular weight is 438 g/mol. The Balaban J connectivity index is 1.39. The third-order valence-corrected chi connectivity index (χ3v) is 6.61. The molecule has 1 heterocycles. The van der Waals surface area contributed by atoms with Gasteiger partial charge in [-0.25, -0.2) is 4.98 Å². The van der Waals surface area contributed by atoms with E-state index in [4.69, 9.17) is 0 Å².